The Morgan fingerprint density at radius 3 is 2.74 bits per heavy atom. The van der Waals surface area contributed by atoms with Crippen LogP contribution in [0.25, 0.3) is 0 Å². The Labute approximate surface area is 117 Å². The maximum atomic E-state index is 12.9. The predicted octanol–water partition coefficient (Wildman–Crippen LogP) is 2.93. The van der Waals surface area contributed by atoms with Gasteiger partial charge in [0.05, 0.1) is 5.92 Å². The predicted molar refractivity (Wildman–Crippen MR) is 78.7 cm³/mol. The molecule has 0 aromatic carbocycles. The molecule has 3 nitrogen and oxygen atoms in total. The third-order valence-electron chi connectivity index (χ3n) is 5.11. The molecule has 1 saturated heterocycles. The molecular weight excluding hydrogens is 236 g/mol. The van der Waals surface area contributed by atoms with E-state index in [0.29, 0.717) is 17.9 Å². The first-order chi connectivity index (χ1) is 9.13. The fourth-order valence-corrected chi connectivity index (χ4v) is 3.79. The average Bonchev–Trinajstić information content (AvgIpc) is 2.65. The summed E-state index contributed by atoms with van der Waals surface area (Å²) < 4.78 is 0. The van der Waals surface area contributed by atoms with Crippen molar-refractivity contribution in [3.05, 3.63) is 0 Å². The second-order valence-corrected chi connectivity index (χ2v) is 6.63. The molecule has 0 radical (unpaired) electrons. The van der Waals surface area contributed by atoms with Gasteiger partial charge in [0.25, 0.3) is 0 Å². The molecule has 1 saturated carbocycles. The van der Waals surface area contributed by atoms with Gasteiger partial charge in [0.2, 0.25) is 5.91 Å². The van der Waals surface area contributed by atoms with Crippen molar-refractivity contribution in [2.24, 2.45) is 17.6 Å². The van der Waals surface area contributed by atoms with Gasteiger partial charge in [-0.05, 0) is 44.4 Å². The molecule has 3 heteroatoms. The van der Waals surface area contributed by atoms with E-state index in [2.05, 4.69) is 18.7 Å². The average molecular weight is 266 g/mol. The summed E-state index contributed by atoms with van der Waals surface area (Å²) in [5.41, 5.74) is 6.23. The van der Waals surface area contributed by atoms with Gasteiger partial charge in [-0.3, -0.25) is 4.79 Å². The van der Waals surface area contributed by atoms with E-state index in [9.17, 15) is 4.79 Å². The maximum absolute atomic E-state index is 12.9. The Hall–Kier alpha value is -0.570. The van der Waals surface area contributed by atoms with Crippen LogP contribution in [0.4, 0.5) is 0 Å². The summed E-state index contributed by atoms with van der Waals surface area (Å²) in [6.07, 6.45) is 9.17. The summed E-state index contributed by atoms with van der Waals surface area (Å²) >= 11 is 0. The molecule has 1 aliphatic heterocycles. The lowest BCUT2D eigenvalue weighted by molar-refractivity contribution is -0.140. The zero-order valence-corrected chi connectivity index (χ0v) is 12.6. The van der Waals surface area contributed by atoms with Crippen molar-refractivity contribution in [1.82, 2.24) is 4.90 Å². The van der Waals surface area contributed by atoms with E-state index < -0.39 is 0 Å². The van der Waals surface area contributed by atoms with Crippen LogP contribution >= 0.6 is 0 Å². The highest BCUT2D eigenvalue weighted by Gasteiger charge is 2.36. The van der Waals surface area contributed by atoms with Gasteiger partial charge < -0.3 is 10.6 Å². The topological polar surface area (TPSA) is 46.3 Å². The van der Waals surface area contributed by atoms with Crippen LogP contribution < -0.4 is 5.73 Å². The first-order valence-electron chi connectivity index (χ1n) is 8.19. The Balaban J connectivity index is 2.06. The molecule has 1 aliphatic carbocycles. The monoisotopic (exact) mass is 266 g/mol. The molecule has 1 heterocycles. The van der Waals surface area contributed by atoms with Crippen LogP contribution in [-0.4, -0.2) is 29.4 Å². The largest absolute Gasteiger partial charge is 0.339 e. The Kier molecular flexibility index (Phi) is 5.26. The molecule has 2 aliphatic rings. The number of hydrogen-bond donors (Lipinski definition) is 1. The van der Waals surface area contributed by atoms with E-state index >= 15 is 0 Å². The number of hydrogen-bond acceptors (Lipinski definition) is 2. The lowest BCUT2D eigenvalue weighted by Crippen LogP contribution is -2.50. The first-order valence-corrected chi connectivity index (χ1v) is 8.19. The summed E-state index contributed by atoms with van der Waals surface area (Å²) in [4.78, 5) is 15.1. The molecule has 4 atom stereocenters. The van der Waals surface area contributed by atoms with Gasteiger partial charge >= 0.3 is 0 Å². The molecule has 0 spiro atoms. The van der Waals surface area contributed by atoms with Crippen molar-refractivity contribution in [1.29, 1.82) is 0 Å². The van der Waals surface area contributed by atoms with Crippen LogP contribution in [0.5, 0.6) is 0 Å². The SMILES string of the molecule is CCC1CCCCCN1C(=O)C1CC(C)CCC1N. The van der Waals surface area contributed by atoms with E-state index in [1.807, 2.05) is 0 Å². The van der Waals surface area contributed by atoms with Gasteiger partial charge in [0, 0.05) is 18.6 Å². The van der Waals surface area contributed by atoms with Gasteiger partial charge in [-0.15, -0.1) is 0 Å². The summed E-state index contributed by atoms with van der Waals surface area (Å²) in [7, 11) is 0. The number of nitrogens with two attached hydrogens (primary N) is 1. The van der Waals surface area contributed by atoms with Crippen molar-refractivity contribution in [3.8, 4) is 0 Å². The highest BCUT2D eigenvalue weighted by Crippen LogP contribution is 2.31. The summed E-state index contributed by atoms with van der Waals surface area (Å²) in [6.45, 7) is 5.42. The van der Waals surface area contributed by atoms with Crippen molar-refractivity contribution in [2.75, 3.05) is 6.54 Å². The van der Waals surface area contributed by atoms with Crippen molar-refractivity contribution in [2.45, 2.75) is 77.3 Å². The van der Waals surface area contributed by atoms with E-state index in [4.69, 9.17) is 5.73 Å². The minimum Gasteiger partial charge on any atom is -0.339 e. The molecule has 1 amide bonds. The lowest BCUT2D eigenvalue weighted by Gasteiger charge is -2.38. The van der Waals surface area contributed by atoms with Crippen LogP contribution in [0.1, 0.15) is 65.2 Å². The van der Waals surface area contributed by atoms with E-state index in [1.54, 1.807) is 0 Å². The number of likely N-dealkylation sites (tertiary alicyclic amines) is 1. The van der Waals surface area contributed by atoms with Crippen molar-refractivity contribution < 1.29 is 4.79 Å². The fraction of sp³-hybridized carbons (Fsp3) is 0.938. The zero-order valence-electron chi connectivity index (χ0n) is 12.6. The minimum atomic E-state index is 0.0795. The molecule has 19 heavy (non-hydrogen) atoms. The first kappa shape index (κ1) is 14.8. The number of carbonyl (C=O) groups excluding carboxylic acids is 1. The summed E-state index contributed by atoms with van der Waals surface area (Å²) in [6, 6.07) is 0.545. The summed E-state index contributed by atoms with van der Waals surface area (Å²) in [5.74, 6) is 1.09. The second kappa shape index (κ2) is 6.74. The number of rotatable bonds is 2. The Morgan fingerprint density at radius 1 is 1.21 bits per heavy atom. The van der Waals surface area contributed by atoms with Crippen molar-refractivity contribution in [3.63, 3.8) is 0 Å². The summed E-state index contributed by atoms with van der Waals surface area (Å²) in [5, 5.41) is 0. The molecule has 0 aromatic rings. The molecule has 110 valence electrons. The third kappa shape index (κ3) is 3.50. The number of carbonyl (C=O) groups is 1. The molecule has 2 rings (SSSR count). The molecule has 0 aromatic heterocycles. The van der Waals surface area contributed by atoms with Gasteiger partial charge in [0.1, 0.15) is 0 Å². The Morgan fingerprint density at radius 2 is 2.00 bits per heavy atom. The van der Waals surface area contributed by atoms with E-state index in [1.165, 1.54) is 32.1 Å². The lowest BCUT2D eigenvalue weighted by atomic mass is 9.78. The minimum absolute atomic E-state index is 0.0795. The van der Waals surface area contributed by atoms with Gasteiger partial charge in [0.15, 0.2) is 0 Å². The smallest absolute Gasteiger partial charge is 0.227 e. The maximum Gasteiger partial charge on any atom is 0.227 e. The quantitative estimate of drug-likeness (QED) is 0.835. The van der Waals surface area contributed by atoms with Crippen LogP contribution in [0, 0.1) is 11.8 Å². The molecule has 4 unspecified atom stereocenters. The van der Waals surface area contributed by atoms with Crippen LogP contribution in [-0.2, 0) is 4.79 Å². The highest BCUT2D eigenvalue weighted by molar-refractivity contribution is 5.80. The Bertz CT molecular complexity index is 305. The zero-order chi connectivity index (χ0) is 13.8. The highest BCUT2D eigenvalue weighted by atomic mass is 16.2. The standard InChI is InChI=1S/C16H30N2O/c1-3-13-7-5-4-6-10-18(13)16(19)14-11-12(2)8-9-15(14)17/h12-15H,3-11,17H2,1-2H3. The molecular formula is C16H30N2O. The van der Waals surface area contributed by atoms with E-state index in [0.717, 1.165) is 25.8 Å². The molecule has 0 bridgehead atoms. The third-order valence-corrected chi connectivity index (χ3v) is 5.11. The van der Waals surface area contributed by atoms with Crippen molar-refractivity contribution >= 4 is 5.91 Å². The van der Waals surface area contributed by atoms with Gasteiger partial charge in [-0.2, -0.15) is 0 Å². The number of amides is 1. The van der Waals surface area contributed by atoms with Gasteiger partial charge in [-0.25, -0.2) is 0 Å². The van der Waals surface area contributed by atoms with Crippen LogP contribution in [0.2, 0.25) is 0 Å². The van der Waals surface area contributed by atoms with Crippen LogP contribution in [0.15, 0.2) is 0 Å². The molecule has 2 fully saturated rings. The van der Waals surface area contributed by atoms with Gasteiger partial charge in [-0.1, -0.05) is 26.7 Å². The van der Waals surface area contributed by atoms with Crippen LogP contribution in [0.3, 0.4) is 0 Å². The second-order valence-electron chi connectivity index (χ2n) is 6.63. The normalized spacial score (nSPS) is 36.9. The number of nitrogens with zero attached hydrogens (tertiary/aromatic N) is 1. The fourth-order valence-electron chi connectivity index (χ4n) is 3.79. The molecule has 2 N–H and O–H groups in total. The van der Waals surface area contributed by atoms with E-state index in [-0.39, 0.29) is 12.0 Å².